The molecule has 2 heterocycles. The lowest BCUT2D eigenvalue weighted by molar-refractivity contribution is 0.0945. The molecule has 188 valence electrons. The lowest BCUT2D eigenvalue weighted by atomic mass is 10.2. The van der Waals surface area contributed by atoms with Gasteiger partial charge in [-0.15, -0.1) is 0 Å². The van der Waals surface area contributed by atoms with Gasteiger partial charge in [-0.25, -0.2) is 22.3 Å². The van der Waals surface area contributed by atoms with Gasteiger partial charge in [0.05, 0.1) is 23.2 Å². The highest BCUT2D eigenvalue weighted by Gasteiger charge is 2.37. The standard InChI is InChI=1S/C23H27N3O7S2/c1-4-9-34(30,31)21-19-15(3)7-6-8-26(19)20(22(21)35(32,33)10-5-2)23(29)25-24-14-16-11-17(27)13-18(28)12-16/h6-8,11-14,27-28H,4-5,9-10H2,1-3H3,(H,25,29)/b24-14-. The zero-order valence-corrected chi connectivity index (χ0v) is 21.1. The van der Waals surface area contributed by atoms with Crippen LogP contribution in [0.15, 0.2) is 51.4 Å². The average Bonchev–Trinajstić information content (AvgIpc) is 3.11. The second-order valence-corrected chi connectivity index (χ2v) is 12.1. The summed E-state index contributed by atoms with van der Waals surface area (Å²) in [7, 11) is -8.22. The fourth-order valence-corrected chi connectivity index (χ4v) is 7.90. The Morgan fingerprint density at radius 2 is 1.57 bits per heavy atom. The first-order valence-corrected chi connectivity index (χ1v) is 14.2. The van der Waals surface area contributed by atoms with Crippen LogP contribution >= 0.6 is 0 Å². The third kappa shape index (κ3) is 5.33. The van der Waals surface area contributed by atoms with Crippen molar-refractivity contribution < 1.29 is 31.8 Å². The number of benzene rings is 1. The summed E-state index contributed by atoms with van der Waals surface area (Å²) in [5.74, 6) is -1.99. The van der Waals surface area contributed by atoms with E-state index in [0.29, 0.717) is 5.56 Å². The quantitative estimate of drug-likeness (QED) is 0.289. The van der Waals surface area contributed by atoms with Crippen molar-refractivity contribution >= 4 is 37.3 Å². The first-order chi connectivity index (χ1) is 16.4. The number of aromatic hydroxyl groups is 2. The maximum absolute atomic E-state index is 13.3. The van der Waals surface area contributed by atoms with Crippen LogP contribution in [0.25, 0.3) is 5.52 Å². The van der Waals surface area contributed by atoms with E-state index < -0.39 is 30.5 Å². The summed E-state index contributed by atoms with van der Waals surface area (Å²) in [6, 6.07) is 6.93. The average molecular weight is 522 g/mol. The van der Waals surface area contributed by atoms with Gasteiger partial charge in [0.2, 0.25) is 0 Å². The molecular weight excluding hydrogens is 494 g/mol. The van der Waals surface area contributed by atoms with Gasteiger partial charge in [0.25, 0.3) is 5.91 Å². The van der Waals surface area contributed by atoms with E-state index in [1.807, 2.05) is 0 Å². The highest BCUT2D eigenvalue weighted by Crippen LogP contribution is 2.36. The third-order valence-corrected chi connectivity index (χ3v) is 9.22. The van der Waals surface area contributed by atoms with E-state index in [2.05, 4.69) is 10.5 Å². The van der Waals surface area contributed by atoms with Crippen LogP contribution in [0.5, 0.6) is 11.5 Å². The first kappa shape index (κ1) is 26.2. The molecule has 35 heavy (non-hydrogen) atoms. The van der Waals surface area contributed by atoms with Gasteiger partial charge in [-0.05, 0) is 43.5 Å². The van der Waals surface area contributed by atoms with Crippen LogP contribution in [-0.2, 0) is 19.7 Å². The van der Waals surface area contributed by atoms with E-state index in [0.717, 1.165) is 12.3 Å². The van der Waals surface area contributed by atoms with E-state index >= 15 is 0 Å². The predicted octanol–water partition coefficient (Wildman–Crippen LogP) is 2.79. The Labute approximate surface area is 203 Å². The molecule has 10 nitrogen and oxygen atoms in total. The lowest BCUT2D eigenvalue weighted by Gasteiger charge is -2.09. The van der Waals surface area contributed by atoms with E-state index in [-0.39, 0.29) is 57.5 Å². The molecule has 1 aromatic carbocycles. The van der Waals surface area contributed by atoms with E-state index in [1.54, 1.807) is 32.9 Å². The number of hydrogen-bond acceptors (Lipinski definition) is 8. The predicted molar refractivity (Wildman–Crippen MR) is 132 cm³/mol. The number of carbonyl (C=O) groups is 1. The maximum atomic E-state index is 13.3. The fraction of sp³-hybridized carbons (Fsp3) is 0.304. The van der Waals surface area contributed by atoms with Gasteiger partial charge >= 0.3 is 0 Å². The third-order valence-electron chi connectivity index (χ3n) is 5.16. The largest absolute Gasteiger partial charge is 0.508 e. The Hall–Kier alpha value is -3.38. The van der Waals surface area contributed by atoms with Crippen LogP contribution < -0.4 is 5.43 Å². The number of hydrazone groups is 1. The second kappa shape index (κ2) is 10.1. The first-order valence-electron chi connectivity index (χ1n) is 10.9. The number of phenolic OH excluding ortho intramolecular Hbond substituents is 2. The van der Waals surface area contributed by atoms with Crippen molar-refractivity contribution in [3.63, 3.8) is 0 Å². The number of aromatic nitrogens is 1. The number of nitrogens with zero attached hydrogens (tertiary/aromatic N) is 2. The Kier molecular flexibility index (Phi) is 7.56. The van der Waals surface area contributed by atoms with Crippen molar-refractivity contribution in [2.75, 3.05) is 11.5 Å². The smallest absolute Gasteiger partial charge is 0.289 e. The maximum Gasteiger partial charge on any atom is 0.289 e. The summed E-state index contributed by atoms with van der Waals surface area (Å²) in [6.07, 6.45) is 3.07. The van der Waals surface area contributed by atoms with Crippen molar-refractivity contribution in [2.24, 2.45) is 5.10 Å². The molecule has 0 saturated carbocycles. The molecule has 0 aliphatic carbocycles. The van der Waals surface area contributed by atoms with Crippen LogP contribution in [0.1, 0.15) is 48.3 Å². The normalized spacial score (nSPS) is 12.4. The molecule has 0 aliphatic heterocycles. The molecular formula is C23H27N3O7S2. The van der Waals surface area contributed by atoms with E-state index in [4.69, 9.17) is 0 Å². The van der Waals surface area contributed by atoms with Gasteiger partial charge in [-0.1, -0.05) is 19.9 Å². The van der Waals surface area contributed by atoms with Crippen LogP contribution in [0.2, 0.25) is 0 Å². The van der Waals surface area contributed by atoms with Crippen molar-refractivity contribution in [1.82, 2.24) is 9.83 Å². The zero-order valence-electron chi connectivity index (χ0n) is 19.5. The molecule has 0 radical (unpaired) electrons. The Morgan fingerprint density at radius 1 is 1.00 bits per heavy atom. The SMILES string of the molecule is CCCS(=O)(=O)c1c(S(=O)(=O)CCC)c2c(C)cccn2c1C(=O)N/N=C\c1cc(O)cc(O)c1. The molecule has 12 heteroatoms. The molecule has 0 fully saturated rings. The van der Waals surface area contributed by atoms with Crippen LogP contribution in [-0.4, -0.2) is 55.1 Å². The number of sulfone groups is 2. The monoisotopic (exact) mass is 521 g/mol. The van der Waals surface area contributed by atoms with Crippen LogP contribution in [0, 0.1) is 6.92 Å². The zero-order chi connectivity index (χ0) is 26.0. The number of pyridine rings is 1. The molecule has 0 saturated heterocycles. The van der Waals surface area contributed by atoms with Crippen molar-refractivity contribution in [2.45, 2.75) is 43.4 Å². The number of aryl methyl sites for hydroxylation is 1. The second-order valence-electron chi connectivity index (χ2n) is 8.04. The highest BCUT2D eigenvalue weighted by atomic mass is 32.2. The van der Waals surface area contributed by atoms with Crippen molar-refractivity contribution in [1.29, 1.82) is 0 Å². The fourth-order valence-electron chi connectivity index (χ4n) is 3.86. The van der Waals surface area contributed by atoms with Gasteiger partial charge in [-0.3, -0.25) is 4.79 Å². The summed E-state index contributed by atoms with van der Waals surface area (Å²) >= 11 is 0. The summed E-state index contributed by atoms with van der Waals surface area (Å²) in [5.41, 5.74) is 2.77. The molecule has 3 N–H and O–H groups in total. The molecule has 3 aromatic rings. The minimum Gasteiger partial charge on any atom is -0.508 e. The summed E-state index contributed by atoms with van der Waals surface area (Å²) in [4.78, 5) is 12.3. The molecule has 0 spiro atoms. The number of rotatable bonds is 9. The number of carbonyl (C=O) groups excluding carboxylic acids is 1. The van der Waals surface area contributed by atoms with Gasteiger partial charge in [0.15, 0.2) is 19.7 Å². The molecule has 0 bridgehead atoms. The van der Waals surface area contributed by atoms with Crippen LogP contribution in [0.3, 0.4) is 0 Å². The molecule has 3 rings (SSSR count). The van der Waals surface area contributed by atoms with Gasteiger partial charge in [0.1, 0.15) is 27.0 Å². The number of nitrogens with one attached hydrogen (secondary N) is 1. The topological polar surface area (TPSA) is 155 Å². The number of phenols is 2. The molecule has 0 unspecified atom stereocenters. The number of fused-ring (bicyclic) bond motifs is 1. The molecule has 0 atom stereocenters. The molecule has 1 amide bonds. The lowest BCUT2D eigenvalue weighted by Crippen LogP contribution is -2.23. The van der Waals surface area contributed by atoms with Crippen LogP contribution in [0.4, 0.5) is 0 Å². The molecule has 0 aliphatic rings. The minimum absolute atomic E-state index is 0.127. The van der Waals surface area contributed by atoms with Gasteiger partial charge < -0.3 is 14.6 Å². The van der Waals surface area contributed by atoms with E-state index in [9.17, 15) is 31.8 Å². The summed E-state index contributed by atoms with van der Waals surface area (Å²) < 4.78 is 54.5. The van der Waals surface area contributed by atoms with E-state index in [1.165, 1.54) is 22.7 Å². The molecule has 2 aromatic heterocycles. The summed E-state index contributed by atoms with van der Waals surface area (Å²) in [5, 5.41) is 23.0. The van der Waals surface area contributed by atoms with Crippen molar-refractivity contribution in [3.05, 3.63) is 53.3 Å². The van der Waals surface area contributed by atoms with Crippen molar-refractivity contribution in [3.8, 4) is 11.5 Å². The number of amides is 1. The highest BCUT2D eigenvalue weighted by molar-refractivity contribution is 7.94. The Morgan fingerprint density at radius 3 is 2.14 bits per heavy atom. The Bertz CT molecular complexity index is 1500. The minimum atomic E-state index is -4.16. The van der Waals surface area contributed by atoms with Gasteiger partial charge in [-0.2, -0.15) is 5.10 Å². The number of hydrogen-bond donors (Lipinski definition) is 3. The Balaban J connectivity index is 2.25. The summed E-state index contributed by atoms with van der Waals surface area (Å²) in [6.45, 7) is 4.96. The van der Waals surface area contributed by atoms with Gasteiger partial charge in [0, 0.05) is 17.8 Å².